The molecule has 1 aliphatic carbocycles. The van der Waals surface area contributed by atoms with Crippen molar-refractivity contribution in [1.29, 1.82) is 0 Å². The second kappa shape index (κ2) is 6.86. The third kappa shape index (κ3) is 2.99. The van der Waals surface area contributed by atoms with Gasteiger partial charge in [-0.05, 0) is 18.9 Å². The lowest BCUT2D eigenvalue weighted by Crippen LogP contribution is -2.55. The fourth-order valence-electron chi connectivity index (χ4n) is 3.64. The summed E-state index contributed by atoms with van der Waals surface area (Å²) < 4.78 is 16.5. The number of aromatic carboxylic acids is 1. The first-order valence-corrected chi connectivity index (χ1v) is 9.05. The maximum Gasteiger partial charge on any atom is 0.200 e. The fraction of sp³-hybridized carbons (Fsp3) is 0.444. The van der Waals surface area contributed by atoms with Crippen LogP contribution in [0.15, 0.2) is 22.2 Å². The van der Waals surface area contributed by atoms with E-state index in [2.05, 4.69) is 15.9 Å². The van der Waals surface area contributed by atoms with E-state index in [0.717, 1.165) is 24.6 Å². The van der Waals surface area contributed by atoms with Crippen LogP contribution < -0.4 is 21.2 Å². The Hall–Kier alpha value is -3.01. The topological polar surface area (TPSA) is 127 Å². The fourth-order valence-corrected chi connectivity index (χ4v) is 3.64. The van der Waals surface area contributed by atoms with Crippen LogP contribution in [-0.2, 0) is 4.84 Å². The molecule has 0 unspecified atom stereocenters. The molecule has 1 saturated carbocycles. The van der Waals surface area contributed by atoms with Gasteiger partial charge in [-0.1, -0.05) is 5.16 Å². The Morgan fingerprint density at radius 1 is 1.50 bits per heavy atom. The van der Waals surface area contributed by atoms with Gasteiger partial charge in [0.1, 0.15) is 12.8 Å². The molecule has 3 N–H and O–H groups in total. The molecule has 2 aromatic heterocycles. The molecule has 1 atom stereocenters. The van der Waals surface area contributed by atoms with E-state index in [4.69, 9.17) is 4.84 Å². The van der Waals surface area contributed by atoms with E-state index in [1.165, 1.54) is 13.3 Å². The zero-order chi connectivity index (χ0) is 20.0. The summed E-state index contributed by atoms with van der Waals surface area (Å²) in [5, 5.41) is 15.3. The van der Waals surface area contributed by atoms with Crippen LogP contribution in [0.5, 0.6) is 0 Å². The van der Waals surface area contributed by atoms with E-state index in [1.807, 2.05) is 0 Å². The summed E-state index contributed by atoms with van der Waals surface area (Å²) in [6.45, 7) is 1.40. The van der Waals surface area contributed by atoms with Gasteiger partial charge in [-0.25, -0.2) is 9.37 Å². The number of rotatable bonds is 5. The predicted octanol–water partition coefficient (Wildman–Crippen LogP) is -1.09. The van der Waals surface area contributed by atoms with Crippen LogP contribution in [0.1, 0.15) is 29.2 Å². The highest BCUT2D eigenvalue weighted by Gasteiger charge is 2.33. The van der Waals surface area contributed by atoms with Crippen molar-refractivity contribution in [3.8, 4) is 0 Å². The van der Waals surface area contributed by atoms with Crippen molar-refractivity contribution >= 4 is 28.5 Å². The van der Waals surface area contributed by atoms with E-state index < -0.39 is 22.8 Å². The Morgan fingerprint density at radius 3 is 2.86 bits per heavy atom. The van der Waals surface area contributed by atoms with Gasteiger partial charge >= 0.3 is 0 Å². The van der Waals surface area contributed by atoms with Gasteiger partial charge in [0.25, 0.3) is 0 Å². The zero-order valence-corrected chi connectivity index (χ0v) is 15.4. The van der Waals surface area contributed by atoms with Gasteiger partial charge in [0.15, 0.2) is 17.1 Å². The van der Waals surface area contributed by atoms with Gasteiger partial charge in [-0.2, -0.15) is 0 Å². The number of carbonyl (C=O) groups is 1. The largest absolute Gasteiger partial charge is 0.545 e. The first-order chi connectivity index (χ1) is 13.4. The lowest BCUT2D eigenvalue weighted by molar-refractivity contribution is -0.373. The highest BCUT2D eigenvalue weighted by Crippen LogP contribution is 2.37. The first kappa shape index (κ1) is 18.4. The normalized spacial score (nSPS) is 20.9. The minimum Gasteiger partial charge on any atom is -0.545 e. The summed E-state index contributed by atoms with van der Waals surface area (Å²) in [5.74, 6) is -2.15. The van der Waals surface area contributed by atoms with Crippen LogP contribution in [0.4, 0.5) is 10.2 Å². The summed E-state index contributed by atoms with van der Waals surface area (Å²) in [5.41, 5.74) is 3.66. The molecule has 0 spiro atoms. The number of aromatic nitrogens is 2. The molecule has 28 heavy (non-hydrogen) atoms. The van der Waals surface area contributed by atoms with Gasteiger partial charge < -0.3 is 29.9 Å². The van der Waals surface area contributed by atoms with Crippen molar-refractivity contribution in [3.63, 3.8) is 0 Å². The van der Waals surface area contributed by atoms with Crippen molar-refractivity contribution in [1.82, 2.24) is 9.55 Å². The third-order valence-corrected chi connectivity index (χ3v) is 5.22. The number of nitrogens with zero attached hydrogens (tertiary/aromatic N) is 4. The number of anilines is 1. The van der Waals surface area contributed by atoms with Crippen LogP contribution >= 0.6 is 0 Å². The van der Waals surface area contributed by atoms with E-state index in [1.54, 1.807) is 9.47 Å². The van der Waals surface area contributed by atoms with Gasteiger partial charge in [-0.15, -0.1) is 0 Å². The zero-order valence-electron chi connectivity index (χ0n) is 15.4. The van der Waals surface area contributed by atoms with Crippen molar-refractivity contribution in [2.75, 3.05) is 31.6 Å². The number of carboxylic acids is 1. The quantitative estimate of drug-likeness (QED) is 0.648. The van der Waals surface area contributed by atoms with Crippen LogP contribution in [0.25, 0.3) is 11.0 Å². The Bertz CT molecular complexity index is 1050. The smallest absolute Gasteiger partial charge is 0.200 e. The SMILES string of the molecule is CO/N=C1\CN(c2nc3c(cc2F)c(=O)c(C(=O)[O-])cn3C2CC2)C[C@H]1C[NH3+]. The predicted molar refractivity (Wildman–Crippen MR) is 96.5 cm³/mol. The monoisotopic (exact) mass is 389 g/mol. The van der Waals surface area contributed by atoms with Crippen molar-refractivity contribution in [2.24, 2.45) is 11.1 Å². The lowest BCUT2D eigenvalue weighted by Gasteiger charge is -2.19. The summed E-state index contributed by atoms with van der Waals surface area (Å²) in [6, 6.07) is 1.11. The minimum atomic E-state index is -1.58. The number of carbonyl (C=O) groups excluding carboxylic acids is 1. The van der Waals surface area contributed by atoms with E-state index in [9.17, 15) is 19.1 Å². The number of hydrogen-bond donors (Lipinski definition) is 1. The molecular formula is C18H20FN5O4. The molecule has 9 nitrogen and oxygen atoms in total. The molecule has 1 saturated heterocycles. The number of quaternary nitrogens is 1. The molecule has 148 valence electrons. The van der Waals surface area contributed by atoms with Gasteiger partial charge in [-0.3, -0.25) is 4.79 Å². The van der Waals surface area contributed by atoms with Gasteiger partial charge in [0, 0.05) is 18.8 Å². The molecule has 0 radical (unpaired) electrons. The van der Waals surface area contributed by atoms with Crippen LogP contribution in [0.3, 0.4) is 0 Å². The molecule has 2 aromatic rings. The van der Waals surface area contributed by atoms with Crippen LogP contribution in [0, 0.1) is 11.7 Å². The summed E-state index contributed by atoms with van der Waals surface area (Å²) in [6.07, 6.45) is 2.94. The molecule has 2 aliphatic rings. The highest BCUT2D eigenvalue weighted by molar-refractivity contribution is 5.94. The van der Waals surface area contributed by atoms with Crippen molar-refractivity contribution in [2.45, 2.75) is 18.9 Å². The number of oxime groups is 1. The molecule has 0 amide bonds. The minimum absolute atomic E-state index is 0.0166. The molecule has 4 rings (SSSR count). The molecule has 1 aliphatic heterocycles. The van der Waals surface area contributed by atoms with Crippen molar-refractivity contribution < 1.29 is 24.9 Å². The molecular weight excluding hydrogens is 369 g/mol. The first-order valence-electron chi connectivity index (χ1n) is 9.05. The third-order valence-electron chi connectivity index (χ3n) is 5.22. The number of fused-ring (bicyclic) bond motifs is 1. The summed E-state index contributed by atoms with van der Waals surface area (Å²) in [4.78, 5) is 34.8. The Labute approximate surface area is 159 Å². The summed E-state index contributed by atoms with van der Waals surface area (Å²) >= 11 is 0. The van der Waals surface area contributed by atoms with Crippen molar-refractivity contribution in [3.05, 3.63) is 33.9 Å². The second-order valence-electron chi connectivity index (χ2n) is 7.09. The number of halogens is 1. The molecule has 0 bridgehead atoms. The van der Waals surface area contributed by atoms with Gasteiger partial charge in [0.05, 0.1) is 41.6 Å². The highest BCUT2D eigenvalue weighted by atomic mass is 19.1. The Kier molecular flexibility index (Phi) is 4.50. The van der Waals surface area contributed by atoms with E-state index in [0.29, 0.717) is 19.6 Å². The van der Waals surface area contributed by atoms with Crippen LogP contribution in [0.2, 0.25) is 0 Å². The lowest BCUT2D eigenvalue weighted by atomic mass is 10.1. The van der Waals surface area contributed by atoms with Gasteiger partial charge in [0.2, 0.25) is 0 Å². The average Bonchev–Trinajstić information content (AvgIpc) is 3.42. The van der Waals surface area contributed by atoms with E-state index in [-0.39, 0.29) is 28.8 Å². The standard InChI is InChI=1S/C18H20FN5O4/c1-28-22-14-8-23(6-9(14)5-20)17-13(19)4-11-15(25)12(18(26)27)7-24(10-2-3-10)16(11)21-17/h4,7,9-10H,2-3,5-6,8,20H2,1H3,(H,26,27)/b22-14+/t9-/m1/s1. The summed E-state index contributed by atoms with van der Waals surface area (Å²) in [7, 11) is 1.45. The Morgan fingerprint density at radius 2 is 2.25 bits per heavy atom. The number of hydrogen-bond acceptors (Lipinski definition) is 7. The number of pyridine rings is 2. The molecule has 3 heterocycles. The Balaban J connectivity index is 1.86. The molecule has 10 heteroatoms. The van der Waals surface area contributed by atoms with Crippen LogP contribution in [-0.4, -0.2) is 48.0 Å². The average molecular weight is 389 g/mol. The maximum atomic E-state index is 14.9. The maximum absolute atomic E-state index is 14.9. The number of carboxylic acid groups (broad SMARTS) is 1. The second-order valence-corrected chi connectivity index (χ2v) is 7.09. The molecule has 0 aromatic carbocycles. The molecule has 2 fully saturated rings. The van der Waals surface area contributed by atoms with E-state index >= 15 is 0 Å².